The standard InChI is InChI=1S/C38H45ClFN5O2/c1-28-9-11-29(12-10-28)27-43-38(46)32-14-16-37(36(25-32)42-3)45(23-24-47-4)22-21-44-19-17-31(18-20-44)35(41-2)8-6-5-7-30-13-15-33(39)26-34(30)40/h5-6,8-16,25-26,31H,2-3,7,17-24,27H2,1,4H3,(H,43,46)/b6-5-,35-8-. The molecule has 1 N–H and O–H groups in total. The van der Waals surface area contributed by atoms with E-state index in [1.54, 1.807) is 25.3 Å². The van der Waals surface area contributed by atoms with Crippen molar-refractivity contribution in [2.24, 2.45) is 15.9 Å². The number of nitrogens with one attached hydrogen (secondary N) is 1. The Balaban J connectivity index is 1.31. The molecule has 1 aliphatic heterocycles. The first kappa shape index (κ1) is 35.7. The van der Waals surface area contributed by atoms with Gasteiger partial charge in [0.2, 0.25) is 0 Å². The average molecular weight is 658 g/mol. The molecule has 0 aliphatic carbocycles. The number of hydrogen-bond acceptors (Lipinski definition) is 6. The number of aliphatic imine (C=N–C) groups is 2. The number of carbonyl (C=O) groups is 1. The smallest absolute Gasteiger partial charge is 0.251 e. The Labute approximate surface area is 283 Å². The van der Waals surface area contributed by atoms with Gasteiger partial charge in [-0.3, -0.25) is 14.8 Å². The van der Waals surface area contributed by atoms with Gasteiger partial charge in [-0.2, -0.15) is 0 Å². The first-order chi connectivity index (χ1) is 22.8. The number of halogens is 2. The number of aryl methyl sites for hydroxylation is 1. The van der Waals surface area contributed by atoms with Crippen LogP contribution in [-0.2, 0) is 17.7 Å². The van der Waals surface area contributed by atoms with Crippen LogP contribution in [0.15, 0.2) is 94.6 Å². The highest BCUT2D eigenvalue weighted by molar-refractivity contribution is 6.30. The Morgan fingerprint density at radius 3 is 2.55 bits per heavy atom. The first-order valence-corrected chi connectivity index (χ1v) is 16.4. The van der Waals surface area contributed by atoms with Crippen molar-refractivity contribution in [1.82, 2.24) is 10.2 Å². The van der Waals surface area contributed by atoms with Crippen molar-refractivity contribution in [3.8, 4) is 0 Å². The molecular formula is C38H45ClFN5O2. The molecule has 1 amide bonds. The summed E-state index contributed by atoms with van der Waals surface area (Å²) in [6.07, 6.45) is 8.29. The summed E-state index contributed by atoms with van der Waals surface area (Å²) in [6, 6.07) is 18.5. The van der Waals surface area contributed by atoms with Gasteiger partial charge in [-0.15, -0.1) is 0 Å². The summed E-state index contributed by atoms with van der Waals surface area (Å²) < 4.78 is 19.5. The molecule has 248 valence electrons. The molecule has 0 saturated carbocycles. The predicted octanol–water partition coefficient (Wildman–Crippen LogP) is 7.60. The third-order valence-corrected chi connectivity index (χ3v) is 8.75. The number of rotatable bonds is 16. The van der Waals surface area contributed by atoms with Crippen molar-refractivity contribution in [2.75, 3.05) is 51.3 Å². The second-order valence-electron chi connectivity index (χ2n) is 11.7. The Hall–Kier alpha value is -4.11. The van der Waals surface area contributed by atoms with Gasteiger partial charge >= 0.3 is 0 Å². The van der Waals surface area contributed by atoms with E-state index in [0.717, 1.165) is 56.0 Å². The minimum Gasteiger partial charge on any atom is -0.383 e. The Morgan fingerprint density at radius 1 is 1.11 bits per heavy atom. The third-order valence-electron chi connectivity index (χ3n) is 8.52. The lowest BCUT2D eigenvalue weighted by Gasteiger charge is -2.34. The number of anilines is 1. The summed E-state index contributed by atoms with van der Waals surface area (Å²) in [5.41, 5.74) is 5.93. The van der Waals surface area contributed by atoms with Crippen LogP contribution in [0, 0.1) is 18.7 Å². The summed E-state index contributed by atoms with van der Waals surface area (Å²) in [4.78, 5) is 26.2. The Morgan fingerprint density at radius 2 is 1.87 bits per heavy atom. The van der Waals surface area contributed by atoms with Gasteiger partial charge in [0.25, 0.3) is 5.91 Å². The zero-order valence-corrected chi connectivity index (χ0v) is 28.2. The van der Waals surface area contributed by atoms with Gasteiger partial charge in [0.15, 0.2) is 0 Å². The molecule has 0 spiro atoms. The van der Waals surface area contributed by atoms with Crippen molar-refractivity contribution in [2.45, 2.75) is 32.7 Å². The summed E-state index contributed by atoms with van der Waals surface area (Å²) >= 11 is 5.86. The normalized spacial score (nSPS) is 14.3. The second kappa shape index (κ2) is 18.3. The van der Waals surface area contributed by atoms with Crippen LogP contribution in [0.5, 0.6) is 0 Å². The molecule has 9 heteroatoms. The monoisotopic (exact) mass is 657 g/mol. The molecule has 1 aliphatic rings. The van der Waals surface area contributed by atoms with E-state index in [1.165, 1.54) is 11.6 Å². The maximum absolute atomic E-state index is 14.1. The van der Waals surface area contributed by atoms with Gasteiger partial charge in [-0.05, 0) is 100 Å². The Bertz CT molecular complexity index is 1560. The summed E-state index contributed by atoms with van der Waals surface area (Å²) in [7, 11) is 1.70. The number of methoxy groups -OCH3 is 1. The minimum absolute atomic E-state index is 0.151. The third kappa shape index (κ3) is 10.7. The van der Waals surface area contributed by atoms with Crippen molar-refractivity contribution in [3.63, 3.8) is 0 Å². The lowest BCUT2D eigenvalue weighted by Crippen LogP contribution is -2.41. The number of benzene rings is 3. The van der Waals surface area contributed by atoms with Crippen LogP contribution in [0.3, 0.4) is 0 Å². The van der Waals surface area contributed by atoms with Gasteiger partial charge in [0.05, 0.1) is 18.0 Å². The molecule has 1 heterocycles. The van der Waals surface area contributed by atoms with E-state index in [2.05, 4.69) is 38.5 Å². The molecule has 0 aromatic heterocycles. The zero-order valence-electron chi connectivity index (χ0n) is 27.4. The van der Waals surface area contributed by atoms with Crippen LogP contribution in [-0.4, -0.2) is 70.7 Å². The largest absolute Gasteiger partial charge is 0.383 e. The number of carbonyl (C=O) groups excluding carboxylic acids is 1. The van der Waals surface area contributed by atoms with E-state index in [0.29, 0.717) is 53.9 Å². The zero-order chi connectivity index (χ0) is 33.6. The van der Waals surface area contributed by atoms with Crippen LogP contribution in [0.1, 0.15) is 39.9 Å². The number of ether oxygens (including phenoxy) is 1. The summed E-state index contributed by atoms with van der Waals surface area (Å²) in [5, 5.41) is 3.39. The molecule has 7 nitrogen and oxygen atoms in total. The molecule has 0 unspecified atom stereocenters. The fourth-order valence-corrected chi connectivity index (χ4v) is 5.84. The number of likely N-dealkylation sites (tertiary alicyclic amines) is 1. The van der Waals surface area contributed by atoms with E-state index < -0.39 is 0 Å². The topological polar surface area (TPSA) is 69.5 Å². The molecule has 4 rings (SSSR count). The molecular weight excluding hydrogens is 613 g/mol. The van der Waals surface area contributed by atoms with Crippen molar-refractivity contribution in [3.05, 3.63) is 118 Å². The summed E-state index contributed by atoms with van der Waals surface area (Å²) in [6.45, 7) is 14.9. The highest BCUT2D eigenvalue weighted by Gasteiger charge is 2.23. The highest BCUT2D eigenvalue weighted by atomic mass is 35.5. The molecule has 1 saturated heterocycles. The number of piperidine rings is 1. The van der Waals surface area contributed by atoms with E-state index in [1.807, 2.05) is 61.5 Å². The maximum atomic E-state index is 14.1. The van der Waals surface area contributed by atoms with Crippen LogP contribution in [0.25, 0.3) is 0 Å². The summed E-state index contributed by atoms with van der Waals surface area (Å²) in [5.74, 6) is -0.124. The van der Waals surface area contributed by atoms with Crippen LogP contribution >= 0.6 is 11.6 Å². The lowest BCUT2D eigenvalue weighted by atomic mass is 9.93. The van der Waals surface area contributed by atoms with Gasteiger partial charge < -0.3 is 19.9 Å². The molecule has 47 heavy (non-hydrogen) atoms. The maximum Gasteiger partial charge on any atom is 0.251 e. The molecule has 0 bridgehead atoms. The molecule has 1 fully saturated rings. The van der Waals surface area contributed by atoms with Crippen LogP contribution in [0.2, 0.25) is 5.02 Å². The van der Waals surface area contributed by atoms with Gasteiger partial charge in [0.1, 0.15) is 5.82 Å². The number of hydrogen-bond donors (Lipinski definition) is 1. The minimum atomic E-state index is -0.299. The van der Waals surface area contributed by atoms with Gasteiger partial charge in [-0.25, -0.2) is 4.39 Å². The second-order valence-corrected chi connectivity index (χ2v) is 12.2. The van der Waals surface area contributed by atoms with Gasteiger partial charge in [-0.1, -0.05) is 59.6 Å². The molecule has 0 atom stereocenters. The lowest BCUT2D eigenvalue weighted by molar-refractivity contribution is 0.0951. The quantitative estimate of drug-likeness (QED) is 0.127. The SMILES string of the molecule is C=N/C(=C\C=C/Cc1ccc(Cl)cc1F)C1CCN(CCN(CCOC)c2ccc(C(=O)NCc3ccc(C)cc3)cc2N=C)CC1. The Kier molecular flexibility index (Phi) is 13.9. The predicted molar refractivity (Wildman–Crippen MR) is 193 cm³/mol. The van der Waals surface area contributed by atoms with Crippen LogP contribution < -0.4 is 10.2 Å². The average Bonchev–Trinajstić information content (AvgIpc) is 3.09. The fraction of sp³-hybridized carbons (Fsp3) is 0.342. The number of amides is 1. The van der Waals surface area contributed by atoms with E-state index in [-0.39, 0.29) is 11.7 Å². The van der Waals surface area contributed by atoms with Gasteiger partial charge in [0, 0.05) is 55.5 Å². The molecule has 3 aromatic rings. The van der Waals surface area contributed by atoms with Crippen molar-refractivity contribution < 1.29 is 13.9 Å². The molecule has 0 radical (unpaired) electrons. The molecule has 3 aromatic carbocycles. The highest BCUT2D eigenvalue weighted by Crippen LogP contribution is 2.30. The van der Waals surface area contributed by atoms with Crippen LogP contribution in [0.4, 0.5) is 15.8 Å². The van der Waals surface area contributed by atoms with E-state index in [4.69, 9.17) is 16.3 Å². The van der Waals surface area contributed by atoms with Crippen molar-refractivity contribution in [1.29, 1.82) is 0 Å². The van der Waals surface area contributed by atoms with E-state index >= 15 is 0 Å². The van der Waals surface area contributed by atoms with Crippen molar-refractivity contribution >= 4 is 42.3 Å². The number of nitrogens with zero attached hydrogens (tertiary/aromatic N) is 4. The van der Waals surface area contributed by atoms with E-state index in [9.17, 15) is 9.18 Å². The number of allylic oxidation sites excluding steroid dienone is 4. The fourth-order valence-electron chi connectivity index (χ4n) is 5.68. The first-order valence-electron chi connectivity index (χ1n) is 16.0.